The molecule has 1 radical (unpaired) electrons. The summed E-state index contributed by atoms with van der Waals surface area (Å²) in [7, 11) is 0. The minimum absolute atomic E-state index is 0.0340. The van der Waals surface area contributed by atoms with Crippen LogP contribution in [0, 0.1) is 5.92 Å². The lowest BCUT2D eigenvalue weighted by Gasteiger charge is -2.26. The molecule has 15 heavy (non-hydrogen) atoms. The zero-order valence-corrected chi connectivity index (χ0v) is 8.86. The quantitative estimate of drug-likeness (QED) is 0.754. The van der Waals surface area contributed by atoms with E-state index in [2.05, 4.69) is 11.3 Å². The zero-order valence-electron chi connectivity index (χ0n) is 8.86. The monoisotopic (exact) mass is 202 g/mol. The van der Waals surface area contributed by atoms with Gasteiger partial charge in [-0.25, -0.2) is 0 Å². The molecule has 1 aliphatic carbocycles. The van der Waals surface area contributed by atoms with Gasteiger partial charge in [-0.05, 0) is 36.5 Å². The molecule has 1 aromatic rings. The Kier molecular flexibility index (Phi) is 3.49. The molecule has 0 saturated heterocycles. The molecule has 1 aliphatic rings. The van der Waals surface area contributed by atoms with Crippen molar-refractivity contribution in [3.8, 4) is 0 Å². The van der Waals surface area contributed by atoms with Crippen molar-refractivity contribution in [1.29, 1.82) is 0 Å². The van der Waals surface area contributed by atoms with Crippen LogP contribution in [-0.4, -0.2) is 11.3 Å². The Balaban J connectivity index is 2.12. The highest BCUT2D eigenvalue weighted by atomic mass is 16.1. The average Bonchev–Trinajstić information content (AvgIpc) is 2.33. The van der Waals surface area contributed by atoms with Gasteiger partial charge in [0.25, 0.3) is 0 Å². The molecule has 1 saturated carbocycles. The number of hydrogen-bond donors (Lipinski definition) is 0. The van der Waals surface area contributed by atoms with Gasteiger partial charge < -0.3 is 0 Å². The fourth-order valence-corrected chi connectivity index (χ4v) is 2.47. The maximum absolute atomic E-state index is 11.1. The van der Waals surface area contributed by atoms with E-state index in [0.717, 1.165) is 5.56 Å². The van der Waals surface area contributed by atoms with Crippen molar-refractivity contribution >= 4 is 6.29 Å². The van der Waals surface area contributed by atoms with Crippen LogP contribution in [0.25, 0.3) is 0 Å². The van der Waals surface area contributed by atoms with Crippen LogP contribution in [0.5, 0.6) is 0 Å². The molecule has 0 aliphatic heterocycles. The highest BCUT2D eigenvalue weighted by molar-refractivity contribution is 5.63. The molecule has 1 fully saturated rings. The van der Waals surface area contributed by atoms with Gasteiger partial charge in [-0.1, -0.05) is 19.3 Å². The van der Waals surface area contributed by atoms with E-state index in [1.807, 2.05) is 12.1 Å². The number of nitrogens with zero attached hydrogens (tertiary/aromatic N) is 1. The lowest BCUT2D eigenvalue weighted by Crippen LogP contribution is -2.17. The first-order valence-electron chi connectivity index (χ1n) is 5.69. The molecule has 0 spiro atoms. The molecule has 1 heterocycles. The second-order valence-corrected chi connectivity index (χ2v) is 4.27. The van der Waals surface area contributed by atoms with Crippen molar-refractivity contribution in [2.45, 2.75) is 38.0 Å². The first kappa shape index (κ1) is 10.3. The Hall–Kier alpha value is -1.18. The Morgan fingerprint density at radius 2 is 1.87 bits per heavy atom. The van der Waals surface area contributed by atoms with Crippen LogP contribution in [0.4, 0.5) is 0 Å². The molecule has 0 aromatic carbocycles. The maximum atomic E-state index is 11.1. The standard InChI is InChI=1S/C13H16NO/c15-10-13(11-4-2-1-3-5-11)12-6-8-14-9-7-12/h6-9,11,13H,1-5H2. The second kappa shape index (κ2) is 5.06. The van der Waals surface area contributed by atoms with E-state index in [-0.39, 0.29) is 5.92 Å². The summed E-state index contributed by atoms with van der Waals surface area (Å²) in [6.07, 6.45) is 11.9. The summed E-state index contributed by atoms with van der Waals surface area (Å²) < 4.78 is 0. The van der Waals surface area contributed by atoms with Gasteiger partial charge in [0.15, 0.2) is 0 Å². The average molecular weight is 202 g/mol. The first-order valence-corrected chi connectivity index (χ1v) is 5.69. The molecular formula is C13H16NO. The number of pyridine rings is 1. The first-order chi connectivity index (χ1) is 7.42. The summed E-state index contributed by atoms with van der Waals surface area (Å²) in [4.78, 5) is 15.0. The van der Waals surface area contributed by atoms with Gasteiger partial charge in [0, 0.05) is 12.4 Å². The third-order valence-electron chi connectivity index (χ3n) is 3.31. The van der Waals surface area contributed by atoms with E-state index >= 15 is 0 Å². The number of aromatic nitrogens is 1. The van der Waals surface area contributed by atoms with Crippen LogP contribution in [0.2, 0.25) is 0 Å². The van der Waals surface area contributed by atoms with Crippen molar-refractivity contribution in [2.24, 2.45) is 5.92 Å². The topological polar surface area (TPSA) is 30.0 Å². The Labute approximate surface area is 90.7 Å². The molecule has 0 amide bonds. The fraction of sp³-hybridized carbons (Fsp3) is 0.538. The van der Waals surface area contributed by atoms with E-state index in [0.29, 0.717) is 5.92 Å². The van der Waals surface area contributed by atoms with Gasteiger partial charge in [0.05, 0.1) is 5.92 Å². The van der Waals surface area contributed by atoms with Crippen molar-refractivity contribution in [2.75, 3.05) is 0 Å². The molecular weight excluding hydrogens is 186 g/mol. The van der Waals surface area contributed by atoms with Crippen LogP contribution < -0.4 is 0 Å². The minimum atomic E-state index is -0.0340. The molecule has 0 bridgehead atoms. The summed E-state index contributed by atoms with van der Waals surface area (Å²) in [5, 5.41) is 0. The molecule has 0 N–H and O–H groups in total. The van der Waals surface area contributed by atoms with Gasteiger partial charge >= 0.3 is 0 Å². The molecule has 1 unspecified atom stereocenters. The van der Waals surface area contributed by atoms with Gasteiger partial charge in [-0.3, -0.25) is 9.78 Å². The van der Waals surface area contributed by atoms with Gasteiger partial charge in [-0.15, -0.1) is 0 Å². The van der Waals surface area contributed by atoms with Crippen molar-refractivity contribution in [3.63, 3.8) is 0 Å². The van der Waals surface area contributed by atoms with E-state index < -0.39 is 0 Å². The summed E-state index contributed by atoms with van der Waals surface area (Å²) in [6, 6.07) is 3.87. The zero-order chi connectivity index (χ0) is 10.5. The maximum Gasteiger partial charge on any atom is 0.206 e. The van der Waals surface area contributed by atoms with Crippen LogP contribution in [0.1, 0.15) is 43.6 Å². The van der Waals surface area contributed by atoms with Crippen molar-refractivity contribution in [3.05, 3.63) is 30.1 Å². The highest BCUT2D eigenvalue weighted by Crippen LogP contribution is 2.34. The van der Waals surface area contributed by atoms with Crippen LogP contribution >= 0.6 is 0 Å². The van der Waals surface area contributed by atoms with E-state index in [9.17, 15) is 4.79 Å². The van der Waals surface area contributed by atoms with Crippen molar-refractivity contribution in [1.82, 2.24) is 4.98 Å². The molecule has 2 rings (SSSR count). The summed E-state index contributed by atoms with van der Waals surface area (Å²) >= 11 is 0. The number of carbonyl (C=O) groups excluding carboxylic acids is 1. The molecule has 1 aromatic heterocycles. The number of rotatable bonds is 3. The van der Waals surface area contributed by atoms with Gasteiger partial charge in [-0.2, -0.15) is 0 Å². The van der Waals surface area contributed by atoms with Gasteiger partial charge in [0.2, 0.25) is 6.29 Å². The van der Waals surface area contributed by atoms with E-state index in [1.165, 1.54) is 32.1 Å². The predicted molar refractivity (Wildman–Crippen MR) is 59.2 cm³/mol. The molecule has 2 heteroatoms. The minimum Gasteiger partial charge on any atom is -0.290 e. The molecule has 2 nitrogen and oxygen atoms in total. The Morgan fingerprint density at radius 3 is 2.47 bits per heavy atom. The Morgan fingerprint density at radius 1 is 1.20 bits per heavy atom. The third-order valence-corrected chi connectivity index (χ3v) is 3.31. The Bertz CT molecular complexity index is 304. The van der Waals surface area contributed by atoms with Crippen LogP contribution in [0.15, 0.2) is 24.5 Å². The van der Waals surface area contributed by atoms with E-state index in [4.69, 9.17) is 0 Å². The predicted octanol–water partition coefficient (Wildman–Crippen LogP) is 2.86. The lowest BCUT2D eigenvalue weighted by molar-refractivity contribution is 0.335. The summed E-state index contributed by atoms with van der Waals surface area (Å²) in [5.41, 5.74) is 1.08. The van der Waals surface area contributed by atoms with Crippen LogP contribution in [0.3, 0.4) is 0 Å². The lowest BCUT2D eigenvalue weighted by atomic mass is 9.78. The molecule has 79 valence electrons. The normalized spacial score (nSPS) is 19.7. The molecule has 1 atom stereocenters. The van der Waals surface area contributed by atoms with E-state index in [1.54, 1.807) is 12.4 Å². The SMILES string of the molecule is O=[C]C(c1ccncc1)C1CCCCC1. The highest BCUT2D eigenvalue weighted by Gasteiger charge is 2.25. The largest absolute Gasteiger partial charge is 0.290 e. The van der Waals surface area contributed by atoms with Gasteiger partial charge in [0.1, 0.15) is 0 Å². The van der Waals surface area contributed by atoms with Crippen molar-refractivity contribution < 1.29 is 4.79 Å². The van der Waals surface area contributed by atoms with Crippen LogP contribution in [-0.2, 0) is 4.79 Å². The summed E-state index contributed by atoms with van der Waals surface area (Å²) in [5.74, 6) is 0.465. The smallest absolute Gasteiger partial charge is 0.206 e. The third kappa shape index (κ3) is 2.44. The second-order valence-electron chi connectivity index (χ2n) is 4.27. The summed E-state index contributed by atoms with van der Waals surface area (Å²) in [6.45, 7) is 0. The fourth-order valence-electron chi connectivity index (χ4n) is 2.47. The number of hydrogen-bond acceptors (Lipinski definition) is 2.